The molecule has 1 unspecified atom stereocenters. The van der Waals surface area contributed by atoms with Crippen molar-refractivity contribution in [1.29, 1.82) is 0 Å². The third-order valence-corrected chi connectivity index (χ3v) is 2.70. The van der Waals surface area contributed by atoms with Crippen LogP contribution in [0.3, 0.4) is 0 Å². The number of ether oxygens (including phenoxy) is 4. The Kier molecular flexibility index (Phi) is 8.61. The fraction of sp³-hybridized carbons (Fsp3) is 0.786. The van der Waals surface area contributed by atoms with Crippen LogP contribution in [-0.4, -0.2) is 49.4 Å². The quantitative estimate of drug-likeness (QED) is 0.359. The Hall–Kier alpha value is -1.63. The van der Waals surface area contributed by atoms with Crippen LogP contribution in [0.2, 0.25) is 0 Å². The minimum Gasteiger partial charge on any atom is -0.464 e. The van der Waals surface area contributed by atoms with E-state index in [0.717, 1.165) is 0 Å². The van der Waals surface area contributed by atoms with Gasteiger partial charge in [-0.25, -0.2) is 14.4 Å². The third kappa shape index (κ3) is 5.00. The van der Waals surface area contributed by atoms with Gasteiger partial charge in [0.15, 0.2) is 6.10 Å². The first-order valence-corrected chi connectivity index (χ1v) is 7.08. The lowest BCUT2D eigenvalue weighted by molar-refractivity contribution is -0.201. The summed E-state index contributed by atoms with van der Waals surface area (Å²) in [4.78, 5) is 35.9. The molecule has 0 aliphatic carbocycles. The molecule has 0 aromatic rings. The predicted molar refractivity (Wildman–Crippen MR) is 73.5 cm³/mol. The van der Waals surface area contributed by atoms with Gasteiger partial charge in [-0.1, -0.05) is 6.92 Å². The van der Waals surface area contributed by atoms with Gasteiger partial charge in [-0.05, 0) is 34.1 Å². The maximum absolute atomic E-state index is 12.1. The van der Waals surface area contributed by atoms with Crippen molar-refractivity contribution >= 4 is 17.9 Å². The van der Waals surface area contributed by atoms with E-state index in [0.29, 0.717) is 0 Å². The van der Waals surface area contributed by atoms with Crippen molar-refractivity contribution in [1.82, 2.24) is 0 Å². The molecule has 0 saturated carbocycles. The summed E-state index contributed by atoms with van der Waals surface area (Å²) in [7, 11) is 0. The molecule has 0 aromatic heterocycles. The summed E-state index contributed by atoms with van der Waals surface area (Å²) in [6.45, 7) is 8.18. The Morgan fingerprint density at radius 1 is 0.857 bits per heavy atom. The van der Waals surface area contributed by atoms with Crippen LogP contribution in [0, 0.1) is 0 Å². The van der Waals surface area contributed by atoms with E-state index in [1.54, 1.807) is 27.7 Å². The third-order valence-electron chi connectivity index (χ3n) is 2.70. The highest BCUT2D eigenvalue weighted by atomic mass is 16.6. The van der Waals surface area contributed by atoms with E-state index in [1.165, 1.54) is 6.92 Å². The average Bonchev–Trinajstić information content (AvgIpc) is 2.45. The maximum Gasteiger partial charge on any atom is 0.350 e. The number of carbonyl (C=O) groups excluding carboxylic acids is 3. The van der Waals surface area contributed by atoms with E-state index in [9.17, 15) is 14.4 Å². The second-order valence-electron chi connectivity index (χ2n) is 4.13. The van der Waals surface area contributed by atoms with Gasteiger partial charge in [0.2, 0.25) is 0 Å². The van der Waals surface area contributed by atoms with Crippen molar-refractivity contribution < 1.29 is 33.3 Å². The van der Waals surface area contributed by atoms with E-state index in [1.807, 2.05) is 0 Å². The van der Waals surface area contributed by atoms with Gasteiger partial charge in [-0.3, -0.25) is 0 Å². The number of hydrogen-bond acceptors (Lipinski definition) is 7. The lowest BCUT2D eigenvalue weighted by atomic mass is 10.0. The standard InChI is InChI=1S/C14H24O7/c1-6-14(12(16)19-8-3,13(17)20-9-4)21-10(5)11(15)18-7-2/h10H,6-9H2,1-5H3. The molecule has 0 heterocycles. The highest BCUT2D eigenvalue weighted by Gasteiger charge is 2.51. The topological polar surface area (TPSA) is 88.1 Å². The van der Waals surface area contributed by atoms with Gasteiger partial charge < -0.3 is 18.9 Å². The molecule has 0 aliphatic rings. The molecule has 0 amide bonds. The van der Waals surface area contributed by atoms with Crippen molar-refractivity contribution in [2.75, 3.05) is 19.8 Å². The van der Waals surface area contributed by atoms with E-state index in [2.05, 4.69) is 0 Å². The van der Waals surface area contributed by atoms with Crippen LogP contribution in [-0.2, 0) is 33.3 Å². The van der Waals surface area contributed by atoms with Gasteiger partial charge >= 0.3 is 17.9 Å². The molecule has 0 N–H and O–H groups in total. The molecule has 0 radical (unpaired) electrons. The number of esters is 3. The minimum absolute atomic E-state index is 0.0194. The first-order valence-electron chi connectivity index (χ1n) is 7.08. The van der Waals surface area contributed by atoms with E-state index in [4.69, 9.17) is 18.9 Å². The second-order valence-corrected chi connectivity index (χ2v) is 4.13. The highest BCUT2D eigenvalue weighted by molar-refractivity contribution is 6.04. The molecule has 0 rings (SSSR count). The van der Waals surface area contributed by atoms with Crippen molar-refractivity contribution in [3.8, 4) is 0 Å². The van der Waals surface area contributed by atoms with Gasteiger partial charge in [0.25, 0.3) is 5.60 Å². The maximum atomic E-state index is 12.1. The van der Waals surface area contributed by atoms with Crippen LogP contribution in [0.15, 0.2) is 0 Å². The van der Waals surface area contributed by atoms with Gasteiger partial charge in [0.05, 0.1) is 19.8 Å². The molecule has 122 valence electrons. The smallest absolute Gasteiger partial charge is 0.350 e. The Labute approximate surface area is 124 Å². The zero-order valence-electron chi connectivity index (χ0n) is 13.3. The number of hydrogen-bond donors (Lipinski definition) is 0. The van der Waals surface area contributed by atoms with Crippen molar-refractivity contribution in [2.45, 2.75) is 52.7 Å². The minimum atomic E-state index is -1.96. The molecule has 7 heteroatoms. The Morgan fingerprint density at radius 3 is 1.62 bits per heavy atom. The van der Waals surface area contributed by atoms with Crippen LogP contribution in [0.25, 0.3) is 0 Å². The number of carbonyl (C=O) groups is 3. The molecule has 0 saturated heterocycles. The first kappa shape index (κ1) is 19.4. The summed E-state index contributed by atoms with van der Waals surface area (Å²) >= 11 is 0. The molecule has 0 aromatic carbocycles. The van der Waals surface area contributed by atoms with Gasteiger partial charge in [-0.15, -0.1) is 0 Å². The SMILES string of the molecule is CCOC(=O)C(C)OC(CC)(C(=O)OCC)C(=O)OCC. The molecular weight excluding hydrogens is 280 g/mol. The Balaban J connectivity index is 5.32. The normalized spacial score (nSPS) is 12.4. The zero-order valence-corrected chi connectivity index (χ0v) is 13.3. The van der Waals surface area contributed by atoms with Crippen LogP contribution in [0.4, 0.5) is 0 Å². The summed E-state index contributed by atoms with van der Waals surface area (Å²) in [5.74, 6) is -2.41. The largest absolute Gasteiger partial charge is 0.464 e. The summed E-state index contributed by atoms with van der Waals surface area (Å²) in [6.07, 6.45) is -1.12. The van der Waals surface area contributed by atoms with Gasteiger partial charge in [0, 0.05) is 0 Å². The second kappa shape index (κ2) is 9.33. The molecule has 0 fully saturated rings. The zero-order chi connectivity index (χ0) is 16.5. The molecule has 0 bridgehead atoms. The van der Waals surface area contributed by atoms with Crippen molar-refractivity contribution in [3.63, 3.8) is 0 Å². The first-order chi connectivity index (χ1) is 9.89. The van der Waals surface area contributed by atoms with Crippen LogP contribution < -0.4 is 0 Å². The van der Waals surface area contributed by atoms with E-state index >= 15 is 0 Å². The highest BCUT2D eigenvalue weighted by Crippen LogP contribution is 2.23. The van der Waals surface area contributed by atoms with Crippen LogP contribution >= 0.6 is 0 Å². The Morgan fingerprint density at radius 2 is 1.29 bits per heavy atom. The summed E-state index contributed by atoms with van der Waals surface area (Å²) in [5, 5.41) is 0. The molecule has 0 aliphatic heterocycles. The van der Waals surface area contributed by atoms with Crippen LogP contribution in [0.1, 0.15) is 41.0 Å². The average molecular weight is 304 g/mol. The van der Waals surface area contributed by atoms with Crippen molar-refractivity contribution in [2.24, 2.45) is 0 Å². The van der Waals surface area contributed by atoms with Crippen molar-refractivity contribution in [3.05, 3.63) is 0 Å². The lowest BCUT2D eigenvalue weighted by Crippen LogP contribution is -2.53. The summed E-state index contributed by atoms with van der Waals surface area (Å²) in [5.41, 5.74) is -1.96. The van der Waals surface area contributed by atoms with Crippen LogP contribution in [0.5, 0.6) is 0 Å². The van der Waals surface area contributed by atoms with E-state index < -0.39 is 29.6 Å². The Bertz CT molecular complexity index is 346. The molecule has 0 spiro atoms. The number of rotatable bonds is 9. The fourth-order valence-corrected chi connectivity index (χ4v) is 1.66. The monoisotopic (exact) mass is 304 g/mol. The molecule has 7 nitrogen and oxygen atoms in total. The lowest BCUT2D eigenvalue weighted by Gasteiger charge is -2.30. The van der Waals surface area contributed by atoms with Gasteiger partial charge in [-0.2, -0.15) is 0 Å². The predicted octanol–water partition coefficient (Wildman–Crippen LogP) is 1.23. The van der Waals surface area contributed by atoms with E-state index in [-0.39, 0.29) is 26.2 Å². The summed E-state index contributed by atoms with van der Waals surface area (Å²) < 4.78 is 20.0. The molecule has 21 heavy (non-hydrogen) atoms. The van der Waals surface area contributed by atoms with Gasteiger partial charge in [0.1, 0.15) is 0 Å². The molecule has 1 atom stereocenters. The summed E-state index contributed by atoms with van der Waals surface area (Å²) in [6, 6.07) is 0. The molecular formula is C14H24O7. The fourth-order valence-electron chi connectivity index (χ4n) is 1.66.